The summed E-state index contributed by atoms with van der Waals surface area (Å²) in [5.74, 6) is -1.57. The van der Waals surface area contributed by atoms with Crippen LogP contribution in [0.3, 0.4) is 0 Å². The second-order valence-corrected chi connectivity index (χ2v) is 7.83. The molecule has 0 radical (unpaired) electrons. The van der Waals surface area contributed by atoms with Gasteiger partial charge in [-0.1, -0.05) is 61.4 Å². The van der Waals surface area contributed by atoms with E-state index in [9.17, 15) is 14.7 Å². The Hall–Kier alpha value is -2.62. The first-order valence-electron chi connectivity index (χ1n) is 10.1. The molecule has 1 heterocycles. The lowest BCUT2D eigenvalue weighted by Gasteiger charge is -2.39. The zero-order chi connectivity index (χ0) is 20.3. The predicted octanol–water partition coefficient (Wildman–Crippen LogP) is 4.67. The summed E-state index contributed by atoms with van der Waals surface area (Å²) in [6.45, 7) is 6.79. The molecule has 2 atom stereocenters. The molecular formula is C24H29NO3. The number of amides is 1. The molecule has 0 aromatic heterocycles. The molecule has 1 aliphatic rings. The number of rotatable bonds is 6. The molecule has 0 bridgehead atoms. The minimum atomic E-state index is -0.879. The highest BCUT2D eigenvalue weighted by atomic mass is 16.4. The van der Waals surface area contributed by atoms with Crippen molar-refractivity contribution in [3.05, 3.63) is 70.3 Å². The Kier molecular flexibility index (Phi) is 6.18. The fourth-order valence-electron chi connectivity index (χ4n) is 4.40. The Morgan fingerprint density at radius 3 is 2.54 bits per heavy atom. The fraction of sp³-hybridized carbons (Fsp3) is 0.417. The molecule has 4 heteroatoms. The zero-order valence-corrected chi connectivity index (χ0v) is 16.9. The van der Waals surface area contributed by atoms with Gasteiger partial charge in [-0.05, 0) is 48.9 Å². The Balaban J connectivity index is 2.00. The van der Waals surface area contributed by atoms with Crippen molar-refractivity contribution < 1.29 is 14.7 Å². The summed E-state index contributed by atoms with van der Waals surface area (Å²) in [6.07, 6.45) is 2.15. The highest BCUT2D eigenvalue weighted by Gasteiger charge is 2.34. The molecule has 0 spiro atoms. The van der Waals surface area contributed by atoms with Gasteiger partial charge < -0.3 is 10.0 Å². The van der Waals surface area contributed by atoms with E-state index in [1.807, 2.05) is 30.0 Å². The van der Waals surface area contributed by atoms with Gasteiger partial charge in [0.25, 0.3) is 0 Å². The van der Waals surface area contributed by atoms with E-state index in [1.54, 1.807) is 0 Å². The largest absolute Gasteiger partial charge is 0.481 e. The number of nitrogens with zero attached hydrogens (tertiary/aromatic N) is 1. The molecular weight excluding hydrogens is 350 g/mol. The van der Waals surface area contributed by atoms with Crippen LogP contribution >= 0.6 is 0 Å². The SMILES string of the molecule is CCCC(CC(=O)N1CCc2c(C)cc(C)cc2C1c1ccccc1)C(=O)O. The monoisotopic (exact) mass is 379 g/mol. The molecule has 2 aromatic carbocycles. The number of aryl methyl sites for hydroxylation is 2. The van der Waals surface area contributed by atoms with Gasteiger partial charge in [-0.25, -0.2) is 0 Å². The summed E-state index contributed by atoms with van der Waals surface area (Å²) in [5.41, 5.74) is 6.00. The molecule has 1 N–H and O–H groups in total. The number of carboxylic acid groups (broad SMARTS) is 1. The maximum Gasteiger partial charge on any atom is 0.307 e. The predicted molar refractivity (Wildman–Crippen MR) is 110 cm³/mol. The van der Waals surface area contributed by atoms with Crippen molar-refractivity contribution in [1.82, 2.24) is 4.90 Å². The van der Waals surface area contributed by atoms with Crippen LogP contribution in [0, 0.1) is 19.8 Å². The Morgan fingerprint density at radius 1 is 1.18 bits per heavy atom. The van der Waals surface area contributed by atoms with Crippen molar-refractivity contribution >= 4 is 11.9 Å². The molecule has 1 aliphatic heterocycles. The van der Waals surface area contributed by atoms with Crippen molar-refractivity contribution in [3.63, 3.8) is 0 Å². The van der Waals surface area contributed by atoms with Gasteiger partial charge in [0.2, 0.25) is 5.91 Å². The van der Waals surface area contributed by atoms with Gasteiger partial charge in [-0.15, -0.1) is 0 Å². The molecule has 0 saturated carbocycles. The number of carbonyl (C=O) groups excluding carboxylic acids is 1. The Bertz CT molecular complexity index is 860. The van der Waals surface area contributed by atoms with Crippen LogP contribution in [0.15, 0.2) is 42.5 Å². The number of aliphatic carboxylic acids is 1. The Labute approximate surface area is 167 Å². The van der Waals surface area contributed by atoms with E-state index < -0.39 is 11.9 Å². The molecule has 0 saturated heterocycles. The first-order valence-corrected chi connectivity index (χ1v) is 10.1. The summed E-state index contributed by atoms with van der Waals surface area (Å²) in [6, 6.07) is 14.3. The van der Waals surface area contributed by atoms with E-state index in [0.717, 1.165) is 18.4 Å². The number of carbonyl (C=O) groups is 2. The van der Waals surface area contributed by atoms with E-state index in [1.165, 1.54) is 22.3 Å². The first-order chi connectivity index (χ1) is 13.4. The summed E-state index contributed by atoms with van der Waals surface area (Å²) in [5, 5.41) is 9.49. The molecule has 3 rings (SSSR count). The van der Waals surface area contributed by atoms with Crippen LogP contribution in [-0.2, 0) is 16.0 Å². The maximum absolute atomic E-state index is 13.2. The van der Waals surface area contributed by atoms with E-state index in [2.05, 4.69) is 38.1 Å². The average molecular weight is 380 g/mol. The number of hydrogen-bond donors (Lipinski definition) is 1. The van der Waals surface area contributed by atoms with Crippen LogP contribution in [0.2, 0.25) is 0 Å². The summed E-state index contributed by atoms with van der Waals surface area (Å²) >= 11 is 0. The fourth-order valence-corrected chi connectivity index (χ4v) is 4.40. The van der Waals surface area contributed by atoms with E-state index in [4.69, 9.17) is 0 Å². The third-order valence-electron chi connectivity index (χ3n) is 5.70. The number of carboxylic acids is 1. The minimum Gasteiger partial charge on any atom is -0.481 e. The molecule has 148 valence electrons. The average Bonchev–Trinajstić information content (AvgIpc) is 2.67. The normalized spacial score (nSPS) is 17.1. The summed E-state index contributed by atoms with van der Waals surface area (Å²) in [4.78, 5) is 26.7. The van der Waals surface area contributed by atoms with Gasteiger partial charge in [0.15, 0.2) is 0 Å². The topological polar surface area (TPSA) is 57.6 Å². The van der Waals surface area contributed by atoms with Gasteiger partial charge in [0, 0.05) is 13.0 Å². The second kappa shape index (κ2) is 8.59. The zero-order valence-electron chi connectivity index (χ0n) is 16.9. The van der Waals surface area contributed by atoms with Crippen LogP contribution < -0.4 is 0 Å². The van der Waals surface area contributed by atoms with Crippen LogP contribution in [-0.4, -0.2) is 28.4 Å². The van der Waals surface area contributed by atoms with Crippen LogP contribution in [0.25, 0.3) is 0 Å². The van der Waals surface area contributed by atoms with Crippen LogP contribution in [0.5, 0.6) is 0 Å². The Morgan fingerprint density at radius 2 is 1.89 bits per heavy atom. The van der Waals surface area contributed by atoms with E-state index in [0.29, 0.717) is 13.0 Å². The summed E-state index contributed by atoms with van der Waals surface area (Å²) in [7, 11) is 0. The van der Waals surface area contributed by atoms with Gasteiger partial charge >= 0.3 is 5.97 Å². The third kappa shape index (κ3) is 4.11. The van der Waals surface area contributed by atoms with Crippen molar-refractivity contribution in [2.75, 3.05) is 6.54 Å². The van der Waals surface area contributed by atoms with E-state index in [-0.39, 0.29) is 18.4 Å². The van der Waals surface area contributed by atoms with Crippen molar-refractivity contribution in [2.24, 2.45) is 5.92 Å². The third-order valence-corrected chi connectivity index (χ3v) is 5.70. The number of fused-ring (bicyclic) bond motifs is 1. The van der Waals surface area contributed by atoms with Crippen molar-refractivity contribution in [1.29, 1.82) is 0 Å². The highest BCUT2D eigenvalue weighted by molar-refractivity contribution is 5.83. The molecule has 4 nitrogen and oxygen atoms in total. The molecule has 2 aromatic rings. The minimum absolute atomic E-state index is 0.0621. The van der Waals surface area contributed by atoms with Crippen molar-refractivity contribution in [2.45, 2.75) is 52.5 Å². The lowest BCUT2D eigenvalue weighted by Crippen LogP contribution is -2.42. The standard InChI is InChI=1S/C24H29NO3/c1-4-8-19(24(27)28)15-22(26)25-12-11-20-17(3)13-16(2)14-21(20)23(25)18-9-6-5-7-10-18/h5-7,9-10,13-14,19,23H,4,8,11-12,15H2,1-3H3,(H,27,28). The van der Waals surface area contributed by atoms with Crippen molar-refractivity contribution in [3.8, 4) is 0 Å². The first kappa shape index (κ1) is 20.1. The molecule has 0 fully saturated rings. The van der Waals surface area contributed by atoms with Gasteiger partial charge in [-0.2, -0.15) is 0 Å². The number of benzene rings is 2. The van der Waals surface area contributed by atoms with Crippen LogP contribution in [0.1, 0.15) is 60.0 Å². The smallest absolute Gasteiger partial charge is 0.307 e. The van der Waals surface area contributed by atoms with Gasteiger partial charge in [-0.3, -0.25) is 9.59 Å². The lowest BCUT2D eigenvalue weighted by atomic mass is 9.84. The molecule has 1 amide bonds. The molecule has 0 aliphatic carbocycles. The molecule has 2 unspecified atom stereocenters. The van der Waals surface area contributed by atoms with Gasteiger partial charge in [0.1, 0.15) is 0 Å². The summed E-state index contributed by atoms with van der Waals surface area (Å²) < 4.78 is 0. The van der Waals surface area contributed by atoms with Gasteiger partial charge in [0.05, 0.1) is 12.0 Å². The quantitative estimate of drug-likeness (QED) is 0.793. The van der Waals surface area contributed by atoms with Crippen LogP contribution in [0.4, 0.5) is 0 Å². The maximum atomic E-state index is 13.2. The second-order valence-electron chi connectivity index (χ2n) is 7.83. The van der Waals surface area contributed by atoms with E-state index >= 15 is 0 Å². The number of hydrogen-bond acceptors (Lipinski definition) is 2. The highest BCUT2D eigenvalue weighted by Crippen LogP contribution is 2.38. The lowest BCUT2D eigenvalue weighted by molar-refractivity contribution is -0.146. The molecule has 28 heavy (non-hydrogen) atoms.